The number of halogens is 2. The zero-order valence-electron chi connectivity index (χ0n) is 10.5. The van der Waals surface area contributed by atoms with E-state index in [1.165, 1.54) is 12.3 Å². The van der Waals surface area contributed by atoms with Gasteiger partial charge in [0.2, 0.25) is 0 Å². The number of hydrogen-bond acceptors (Lipinski definition) is 4. The molecule has 0 saturated carbocycles. The summed E-state index contributed by atoms with van der Waals surface area (Å²) in [4.78, 5) is 6.29. The average molecular weight is 257 g/mol. The SMILES string of the molecule is CC1(C)CN(c2ccc(OC(F)F)cn2)CCN1. The molecule has 1 N–H and O–H groups in total. The first kappa shape index (κ1) is 13.0. The minimum atomic E-state index is -2.81. The topological polar surface area (TPSA) is 37.4 Å². The Morgan fingerprint density at radius 2 is 2.22 bits per heavy atom. The third-order valence-electron chi connectivity index (χ3n) is 2.84. The Labute approximate surface area is 105 Å². The van der Waals surface area contributed by atoms with E-state index in [1.807, 2.05) is 0 Å². The molecule has 18 heavy (non-hydrogen) atoms. The van der Waals surface area contributed by atoms with Crippen molar-refractivity contribution in [1.82, 2.24) is 10.3 Å². The Morgan fingerprint density at radius 3 is 2.78 bits per heavy atom. The van der Waals surface area contributed by atoms with Gasteiger partial charge in [-0.1, -0.05) is 0 Å². The van der Waals surface area contributed by atoms with Crippen LogP contribution in [0.25, 0.3) is 0 Å². The Hall–Kier alpha value is -1.43. The van der Waals surface area contributed by atoms with Gasteiger partial charge in [0.25, 0.3) is 0 Å². The lowest BCUT2D eigenvalue weighted by molar-refractivity contribution is -0.0500. The number of nitrogens with zero attached hydrogens (tertiary/aromatic N) is 2. The van der Waals surface area contributed by atoms with Crippen molar-refractivity contribution in [2.45, 2.75) is 26.0 Å². The van der Waals surface area contributed by atoms with Crippen molar-refractivity contribution in [2.75, 3.05) is 24.5 Å². The molecule has 0 atom stereocenters. The standard InChI is InChI=1S/C12H17F2N3O/c1-12(2)8-17(6-5-16-12)10-4-3-9(7-15-10)18-11(13)14/h3-4,7,11,16H,5-6,8H2,1-2H3. The van der Waals surface area contributed by atoms with E-state index in [1.54, 1.807) is 6.07 Å². The summed E-state index contributed by atoms with van der Waals surface area (Å²) in [6.07, 6.45) is 1.33. The third-order valence-corrected chi connectivity index (χ3v) is 2.84. The molecule has 1 fully saturated rings. The third kappa shape index (κ3) is 3.29. The van der Waals surface area contributed by atoms with Gasteiger partial charge in [0.1, 0.15) is 11.6 Å². The Bertz CT molecular complexity index is 395. The van der Waals surface area contributed by atoms with Crippen LogP contribution in [0.3, 0.4) is 0 Å². The number of pyridine rings is 1. The molecule has 1 aromatic heterocycles. The van der Waals surface area contributed by atoms with Crippen molar-refractivity contribution in [2.24, 2.45) is 0 Å². The fraction of sp³-hybridized carbons (Fsp3) is 0.583. The van der Waals surface area contributed by atoms with E-state index in [9.17, 15) is 8.78 Å². The molecular formula is C12H17F2N3O. The molecule has 4 nitrogen and oxygen atoms in total. The maximum absolute atomic E-state index is 12.0. The second-order valence-electron chi connectivity index (χ2n) is 4.96. The zero-order chi connectivity index (χ0) is 13.2. The van der Waals surface area contributed by atoms with Gasteiger partial charge in [-0.25, -0.2) is 4.98 Å². The van der Waals surface area contributed by atoms with Gasteiger partial charge in [0.05, 0.1) is 6.20 Å². The van der Waals surface area contributed by atoms with Gasteiger partial charge in [-0.3, -0.25) is 0 Å². The van der Waals surface area contributed by atoms with E-state index in [0.717, 1.165) is 25.5 Å². The van der Waals surface area contributed by atoms with Gasteiger partial charge in [-0.15, -0.1) is 0 Å². The average Bonchev–Trinajstić information content (AvgIpc) is 2.28. The first-order valence-electron chi connectivity index (χ1n) is 5.87. The van der Waals surface area contributed by atoms with Crippen LogP contribution in [0.15, 0.2) is 18.3 Å². The summed E-state index contributed by atoms with van der Waals surface area (Å²) >= 11 is 0. The second kappa shape index (κ2) is 5.06. The molecule has 100 valence electrons. The molecule has 0 radical (unpaired) electrons. The summed E-state index contributed by atoms with van der Waals surface area (Å²) in [5.41, 5.74) is 0.0259. The summed E-state index contributed by atoms with van der Waals surface area (Å²) in [6, 6.07) is 3.22. The minimum absolute atomic E-state index is 0.0259. The second-order valence-corrected chi connectivity index (χ2v) is 4.96. The summed E-state index contributed by atoms with van der Waals surface area (Å²) in [5.74, 6) is 0.870. The van der Waals surface area contributed by atoms with Crippen molar-refractivity contribution < 1.29 is 13.5 Å². The molecule has 0 aliphatic carbocycles. The van der Waals surface area contributed by atoms with Gasteiger partial charge in [-0.2, -0.15) is 8.78 Å². The van der Waals surface area contributed by atoms with Gasteiger partial charge < -0.3 is 15.0 Å². The first-order chi connectivity index (χ1) is 8.46. The predicted octanol–water partition coefficient (Wildman–Crippen LogP) is 1.87. The summed E-state index contributed by atoms with van der Waals surface area (Å²) in [5, 5.41) is 3.40. The molecule has 0 unspecified atom stereocenters. The molecule has 1 aliphatic rings. The highest BCUT2D eigenvalue weighted by Gasteiger charge is 2.26. The monoisotopic (exact) mass is 257 g/mol. The predicted molar refractivity (Wildman–Crippen MR) is 65.2 cm³/mol. The molecule has 0 amide bonds. The molecule has 1 aromatic rings. The molecule has 1 saturated heterocycles. The minimum Gasteiger partial charge on any atom is -0.433 e. The smallest absolute Gasteiger partial charge is 0.387 e. The fourth-order valence-electron chi connectivity index (χ4n) is 2.07. The van der Waals surface area contributed by atoms with E-state index in [0.29, 0.717) is 0 Å². The molecule has 0 spiro atoms. The van der Waals surface area contributed by atoms with E-state index in [-0.39, 0.29) is 11.3 Å². The number of alkyl halides is 2. The van der Waals surface area contributed by atoms with Crippen molar-refractivity contribution >= 4 is 5.82 Å². The maximum Gasteiger partial charge on any atom is 0.387 e. The highest BCUT2D eigenvalue weighted by atomic mass is 19.3. The zero-order valence-corrected chi connectivity index (χ0v) is 10.5. The lowest BCUT2D eigenvalue weighted by Gasteiger charge is -2.39. The van der Waals surface area contributed by atoms with Crippen molar-refractivity contribution in [3.63, 3.8) is 0 Å². The van der Waals surface area contributed by atoms with Gasteiger partial charge in [0, 0.05) is 25.2 Å². The highest BCUT2D eigenvalue weighted by molar-refractivity contribution is 5.42. The Morgan fingerprint density at radius 1 is 1.44 bits per heavy atom. The van der Waals surface area contributed by atoms with Crippen LogP contribution >= 0.6 is 0 Å². The van der Waals surface area contributed by atoms with Crippen LogP contribution in [0.1, 0.15) is 13.8 Å². The first-order valence-corrected chi connectivity index (χ1v) is 5.87. The number of hydrogen-bond donors (Lipinski definition) is 1. The van der Waals surface area contributed by atoms with Crippen LogP contribution in [0.5, 0.6) is 5.75 Å². The quantitative estimate of drug-likeness (QED) is 0.897. The molecule has 1 aliphatic heterocycles. The Balaban J connectivity index is 2.05. The molecule has 0 aromatic carbocycles. The van der Waals surface area contributed by atoms with Crippen LogP contribution in [0.2, 0.25) is 0 Å². The van der Waals surface area contributed by atoms with Crippen LogP contribution in [-0.2, 0) is 0 Å². The summed E-state index contributed by atoms with van der Waals surface area (Å²) in [6.45, 7) is 3.99. The molecule has 0 bridgehead atoms. The van der Waals surface area contributed by atoms with Crippen molar-refractivity contribution in [3.05, 3.63) is 18.3 Å². The van der Waals surface area contributed by atoms with E-state index < -0.39 is 6.61 Å². The molecular weight excluding hydrogens is 240 g/mol. The van der Waals surface area contributed by atoms with E-state index in [2.05, 4.69) is 33.8 Å². The van der Waals surface area contributed by atoms with Crippen molar-refractivity contribution in [3.8, 4) is 5.75 Å². The number of aromatic nitrogens is 1. The van der Waals surface area contributed by atoms with E-state index in [4.69, 9.17) is 0 Å². The number of piperazine rings is 1. The van der Waals surface area contributed by atoms with Crippen LogP contribution in [-0.4, -0.2) is 36.8 Å². The summed E-state index contributed by atoms with van der Waals surface area (Å²) < 4.78 is 28.3. The van der Waals surface area contributed by atoms with Crippen LogP contribution < -0.4 is 15.0 Å². The molecule has 2 heterocycles. The largest absolute Gasteiger partial charge is 0.433 e. The molecule has 6 heteroatoms. The number of anilines is 1. The van der Waals surface area contributed by atoms with Gasteiger partial charge in [0.15, 0.2) is 0 Å². The van der Waals surface area contributed by atoms with Crippen molar-refractivity contribution in [1.29, 1.82) is 0 Å². The fourth-order valence-corrected chi connectivity index (χ4v) is 2.07. The summed E-state index contributed by atoms with van der Waals surface area (Å²) in [7, 11) is 0. The van der Waals surface area contributed by atoms with Gasteiger partial charge in [-0.05, 0) is 26.0 Å². The molecule has 2 rings (SSSR count). The van der Waals surface area contributed by atoms with E-state index >= 15 is 0 Å². The normalized spacial score (nSPS) is 19.1. The van der Waals surface area contributed by atoms with Crippen LogP contribution in [0.4, 0.5) is 14.6 Å². The highest BCUT2D eigenvalue weighted by Crippen LogP contribution is 2.20. The van der Waals surface area contributed by atoms with Crippen LogP contribution in [0, 0.1) is 0 Å². The lowest BCUT2D eigenvalue weighted by Crippen LogP contribution is -2.57. The lowest BCUT2D eigenvalue weighted by atomic mass is 10.0. The number of ether oxygens (including phenoxy) is 1. The number of rotatable bonds is 3. The number of nitrogens with one attached hydrogen (secondary N) is 1. The maximum atomic E-state index is 12.0. The Kier molecular flexibility index (Phi) is 3.65. The van der Waals surface area contributed by atoms with Gasteiger partial charge >= 0.3 is 6.61 Å².